The molecular formula is C17H18ClN5. The van der Waals surface area contributed by atoms with Crippen LogP contribution in [0.15, 0.2) is 42.9 Å². The van der Waals surface area contributed by atoms with Crippen LogP contribution in [0.4, 0.5) is 5.82 Å². The number of nitrogens with one attached hydrogen (secondary N) is 1. The van der Waals surface area contributed by atoms with Gasteiger partial charge in [-0.2, -0.15) is 5.10 Å². The quantitative estimate of drug-likeness (QED) is 0.774. The molecule has 6 heteroatoms. The lowest BCUT2D eigenvalue weighted by molar-refractivity contribution is 0.844. The summed E-state index contributed by atoms with van der Waals surface area (Å²) in [7, 11) is 0. The molecule has 118 valence electrons. The molecule has 2 aromatic heterocycles. The Balaban J connectivity index is 1.79. The number of halogens is 1. The average molecular weight is 328 g/mol. The van der Waals surface area contributed by atoms with Gasteiger partial charge >= 0.3 is 0 Å². The van der Waals surface area contributed by atoms with Crippen molar-refractivity contribution in [1.29, 1.82) is 0 Å². The van der Waals surface area contributed by atoms with Crippen LogP contribution in [0.25, 0.3) is 5.69 Å². The third-order valence-electron chi connectivity index (χ3n) is 3.76. The van der Waals surface area contributed by atoms with Gasteiger partial charge in [0.1, 0.15) is 17.2 Å². The third-order valence-corrected chi connectivity index (χ3v) is 4.15. The number of rotatable bonds is 5. The average Bonchev–Trinajstić information content (AvgIpc) is 2.95. The van der Waals surface area contributed by atoms with Gasteiger partial charge in [0.25, 0.3) is 0 Å². The monoisotopic (exact) mass is 327 g/mol. The molecule has 0 saturated carbocycles. The van der Waals surface area contributed by atoms with E-state index in [-0.39, 0.29) is 0 Å². The molecule has 0 radical (unpaired) electrons. The highest BCUT2D eigenvalue weighted by molar-refractivity contribution is 6.33. The highest BCUT2D eigenvalue weighted by Gasteiger charge is 2.11. The molecule has 0 saturated heterocycles. The zero-order valence-corrected chi connectivity index (χ0v) is 13.9. The number of aryl methyl sites for hydroxylation is 1. The Morgan fingerprint density at radius 3 is 2.70 bits per heavy atom. The van der Waals surface area contributed by atoms with Gasteiger partial charge in [-0.3, -0.25) is 0 Å². The first-order valence-corrected chi connectivity index (χ1v) is 7.90. The molecule has 0 unspecified atom stereocenters. The fourth-order valence-electron chi connectivity index (χ4n) is 2.40. The fourth-order valence-corrected chi connectivity index (χ4v) is 2.70. The normalized spacial score (nSPS) is 10.7. The standard InChI is InChI=1S/C17H18ClN5/c1-3-15-16(18)17(21-11-20-15)19-9-13-10-22-23(12(13)2)14-7-5-4-6-8-14/h4-8,10-11H,3,9H2,1-2H3,(H,19,20,21). The van der Waals surface area contributed by atoms with Crippen LogP contribution in [0.1, 0.15) is 23.9 Å². The largest absolute Gasteiger partial charge is 0.365 e. The predicted octanol–water partition coefficient (Wildman–Crippen LogP) is 3.80. The van der Waals surface area contributed by atoms with Crippen molar-refractivity contribution < 1.29 is 0 Å². The van der Waals surface area contributed by atoms with Gasteiger partial charge in [-0.25, -0.2) is 14.6 Å². The summed E-state index contributed by atoms with van der Waals surface area (Å²) in [4.78, 5) is 8.39. The van der Waals surface area contributed by atoms with Crippen LogP contribution in [0, 0.1) is 6.92 Å². The van der Waals surface area contributed by atoms with Crippen LogP contribution in [0.3, 0.4) is 0 Å². The van der Waals surface area contributed by atoms with Crippen molar-refractivity contribution in [3.8, 4) is 5.69 Å². The molecule has 3 aromatic rings. The molecule has 0 amide bonds. The minimum absolute atomic E-state index is 0.586. The van der Waals surface area contributed by atoms with Gasteiger partial charge in [-0.05, 0) is 25.5 Å². The fraction of sp³-hybridized carbons (Fsp3) is 0.235. The van der Waals surface area contributed by atoms with Gasteiger partial charge in [0, 0.05) is 17.8 Å². The maximum absolute atomic E-state index is 6.31. The lowest BCUT2D eigenvalue weighted by Crippen LogP contribution is -2.05. The first-order valence-electron chi connectivity index (χ1n) is 7.53. The van der Waals surface area contributed by atoms with Crippen LogP contribution in [0.2, 0.25) is 5.02 Å². The zero-order chi connectivity index (χ0) is 16.2. The van der Waals surface area contributed by atoms with Crippen LogP contribution < -0.4 is 5.32 Å². The van der Waals surface area contributed by atoms with E-state index in [2.05, 4.69) is 27.3 Å². The van der Waals surface area contributed by atoms with Crippen molar-refractivity contribution in [2.75, 3.05) is 5.32 Å². The zero-order valence-electron chi connectivity index (χ0n) is 13.1. The number of aromatic nitrogens is 4. The molecule has 0 aliphatic heterocycles. The smallest absolute Gasteiger partial charge is 0.148 e. The Bertz CT molecular complexity index is 798. The number of benzene rings is 1. The number of hydrogen-bond acceptors (Lipinski definition) is 4. The van der Waals surface area contributed by atoms with E-state index >= 15 is 0 Å². The molecule has 0 fully saturated rings. The summed E-state index contributed by atoms with van der Waals surface area (Å²) in [5, 5.41) is 8.32. The summed E-state index contributed by atoms with van der Waals surface area (Å²) >= 11 is 6.31. The molecule has 1 N–H and O–H groups in total. The molecule has 0 atom stereocenters. The second-order valence-corrected chi connectivity index (χ2v) is 5.57. The molecule has 5 nitrogen and oxygen atoms in total. The molecule has 0 aliphatic rings. The second-order valence-electron chi connectivity index (χ2n) is 5.19. The van der Waals surface area contributed by atoms with E-state index in [0.717, 1.165) is 29.1 Å². The van der Waals surface area contributed by atoms with E-state index in [4.69, 9.17) is 11.6 Å². The van der Waals surface area contributed by atoms with E-state index in [1.165, 1.54) is 6.33 Å². The Morgan fingerprint density at radius 2 is 1.96 bits per heavy atom. The molecule has 1 aromatic carbocycles. The summed E-state index contributed by atoms with van der Waals surface area (Å²) in [6, 6.07) is 10.1. The Hall–Kier alpha value is -2.40. The van der Waals surface area contributed by atoms with Gasteiger partial charge in [-0.15, -0.1) is 0 Å². The number of hydrogen-bond donors (Lipinski definition) is 1. The highest BCUT2D eigenvalue weighted by atomic mass is 35.5. The SMILES string of the molecule is CCc1ncnc(NCc2cnn(-c3ccccc3)c2C)c1Cl. The maximum Gasteiger partial charge on any atom is 0.148 e. The number of anilines is 1. The Kier molecular flexibility index (Phi) is 4.57. The topological polar surface area (TPSA) is 55.6 Å². The Labute approximate surface area is 140 Å². The van der Waals surface area contributed by atoms with Gasteiger partial charge in [0.2, 0.25) is 0 Å². The van der Waals surface area contributed by atoms with E-state index in [0.29, 0.717) is 17.4 Å². The number of nitrogens with zero attached hydrogens (tertiary/aromatic N) is 4. The van der Waals surface area contributed by atoms with Crippen molar-refractivity contribution in [2.24, 2.45) is 0 Å². The first kappa shape index (κ1) is 15.5. The molecule has 0 bridgehead atoms. The third kappa shape index (κ3) is 3.19. The minimum atomic E-state index is 0.586. The van der Waals surface area contributed by atoms with E-state index in [1.54, 1.807) is 0 Å². The minimum Gasteiger partial charge on any atom is -0.365 e. The Morgan fingerprint density at radius 1 is 1.17 bits per heavy atom. The molecule has 23 heavy (non-hydrogen) atoms. The van der Waals surface area contributed by atoms with Gasteiger partial charge < -0.3 is 5.32 Å². The van der Waals surface area contributed by atoms with Crippen molar-refractivity contribution in [1.82, 2.24) is 19.7 Å². The van der Waals surface area contributed by atoms with Crippen molar-refractivity contribution >= 4 is 17.4 Å². The second kappa shape index (κ2) is 6.79. The van der Waals surface area contributed by atoms with Crippen LogP contribution in [-0.2, 0) is 13.0 Å². The van der Waals surface area contributed by atoms with Crippen LogP contribution in [0.5, 0.6) is 0 Å². The molecule has 2 heterocycles. The summed E-state index contributed by atoms with van der Waals surface area (Å²) in [5.41, 5.74) is 4.08. The van der Waals surface area contributed by atoms with E-state index < -0.39 is 0 Å². The molecule has 3 rings (SSSR count). The van der Waals surface area contributed by atoms with Crippen molar-refractivity contribution in [3.05, 3.63) is 64.8 Å². The van der Waals surface area contributed by atoms with Gasteiger partial charge in [0.15, 0.2) is 0 Å². The van der Waals surface area contributed by atoms with Crippen molar-refractivity contribution in [3.63, 3.8) is 0 Å². The van der Waals surface area contributed by atoms with Gasteiger partial charge in [0.05, 0.1) is 17.6 Å². The maximum atomic E-state index is 6.31. The molecule has 0 spiro atoms. The molecule has 0 aliphatic carbocycles. The predicted molar refractivity (Wildman–Crippen MR) is 92.0 cm³/mol. The van der Waals surface area contributed by atoms with Crippen molar-refractivity contribution in [2.45, 2.75) is 26.8 Å². The molecular weight excluding hydrogens is 310 g/mol. The summed E-state index contributed by atoms with van der Waals surface area (Å²) in [6.45, 7) is 4.68. The summed E-state index contributed by atoms with van der Waals surface area (Å²) in [6.07, 6.45) is 4.18. The first-order chi connectivity index (χ1) is 11.2. The van der Waals surface area contributed by atoms with Gasteiger partial charge in [-0.1, -0.05) is 36.7 Å². The van der Waals surface area contributed by atoms with Crippen LogP contribution in [-0.4, -0.2) is 19.7 Å². The highest BCUT2D eigenvalue weighted by Crippen LogP contribution is 2.23. The lowest BCUT2D eigenvalue weighted by atomic mass is 10.2. The summed E-state index contributed by atoms with van der Waals surface area (Å²) in [5.74, 6) is 0.658. The van der Waals surface area contributed by atoms with E-state index in [9.17, 15) is 0 Å². The summed E-state index contributed by atoms with van der Waals surface area (Å²) < 4.78 is 1.93. The lowest BCUT2D eigenvalue weighted by Gasteiger charge is -2.09. The van der Waals surface area contributed by atoms with E-state index in [1.807, 2.05) is 48.1 Å². The van der Waals surface area contributed by atoms with Crippen LogP contribution >= 0.6 is 11.6 Å². The number of para-hydroxylation sites is 1.